The van der Waals surface area contributed by atoms with Crippen LogP contribution in [0.1, 0.15) is 43.0 Å². The average molecular weight is 612 g/mol. The number of rotatable bonds is 7. The molecular weight excluding hydrogens is 575 g/mol. The number of fused-ring (bicyclic) bond motifs is 2. The van der Waals surface area contributed by atoms with Crippen molar-refractivity contribution < 1.29 is 32.2 Å². The van der Waals surface area contributed by atoms with Gasteiger partial charge in [0.2, 0.25) is 11.8 Å². The number of pyridine rings is 2. The van der Waals surface area contributed by atoms with Crippen LogP contribution in [0.5, 0.6) is 11.6 Å². The van der Waals surface area contributed by atoms with Crippen LogP contribution in [0.25, 0.3) is 11.3 Å². The number of amides is 1. The van der Waals surface area contributed by atoms with Gasteiger partial charge in [-0.05, 0) is 55.7 Å². The second-order valence-corrected chi connectivity index (χ2v) is 11.6. The van der Waals surface area contributed by atoms with Gasteiger partial charge in [-0.1, -0.05) is 12.1 Å². The standard InChI is InChI=1S/C32H36F3N5O4/c1-3-43-30-21(6-5-13-37-30)23-10-9-22-24(38-23)17-40(20-16-27(29(36)41)44-18-20)19-31(22)11-14-39(15-12-31)25-7-4-8-26(42-2)28(25)32(33,34)35/h4-10,13,20,27H,3,11-12,14-19H2,1-2H3,(H2,36,41). The summed E-state index contributed by atoms with van der Waals surface area (Å²) >= 11 is 0. The molecule has 0 aliphatic carbocycles. The summed E-state index contributed by atoms with van der Waals surface area (Å²) in [5, 5.41) is 0. The molecule has 44 heavy (non-hydrogen) atoms. The molecule has 2 saturated heterocycles. The first kappa shape index (κ1) is 30.1. The minimum atomic E-state index is -4.56. The summed E-state index contributed by atoms with van der Waals surface area (Å²) in [6, 6.07) is 12.3. The highest BCUT2D eigenvalue weighted by Gasteiger charge is 2.47. The van der Waals surface area contributed by atoms with E-state index in [9.17, 15) is 18.0 Å². The zero-order chi connectivity index (χ0) is 31.1. The Morgan fingerprint density at radius 3 is 2.64 bits per heavy atom. The molecule has 2 unspecified atom stereocenters. The van der Waals surface area contributed by atoms with Crippen molar-refractivity contribution in [2.24, 2.45) is 5.73 Å². The van der Waals surface area contributed by atoms with E-state index in [1.54, 1.807) is 12.3 Å². The predicted molar refractivity (Wildman–Crippen MR) is 158 cm³/mol. The lowest BCUT2D eigenvalue weighted by molar-refractivity contribution is -0.138. The fourth-order valence-electron chi connectivity index (χ4n) is 6.98. The van der Waals surface area contributed by atoms with Gasteiger partial charge in [-0.15, -0.1) is 0 Å². The largest absolute Gasteiger partial charge is 0.496 e. The molecule has 234 valence electrons. The number of ether oxygens (including phenoxy) is 3. The predicted octanol–water partition coefficient (Wildman–Crippen LogP) is 4.57. The molecule has 6 rings (SSSR count). The van der Waals surface area contributed by atoms with Crippen molar-refractivity contribution in [1.82, 2.24) is 14.9 Å². The highest BCUT2D eigenvalue weighted by Crippen LogP contribution is 2.47. The Morgan fingerprint density at radius 2 is 1.95 bits per heavy atom. The fourth-order valence-corrected chi connectivity index (χ4v) is 6.98. The molecular formula is C32H36F3N5O4. The van der Waals surface area contributed by atoms with Gasteiger partial charge < -0.3 is 24.8 Å². The number of primary amides is 1. The summed E-state index contributed by atoms with van der Waals surface area (Å²) in [5.41, 5.74) is 8.09. The zero-order valence-electron chi connectivity index (χ0n) is 24.8. The molecule has 2 fully saturated rings. The fraction of sp³-hybridized carbons (Fsp3) is 0.469. The van der Waals surface area contributed by atoms with Gasteiger partial charge in [-0.25, -0.2) is 4.98 Å². The molecule has 1 aromatic carbocycles. The highest BCUT2D eigenvalue weighted by atomic mass is 19.4. The number of carbonyl (C=O) groups is 1. The average Bonchev–Trinajstić information content (AvgIpc) is 3.52. The van der Waals surface area contributed by atoms with Crippen molar-refractivity contribution >= 4 is 11.6 Å². The third-order valence-corrected chi connectivity index (χ3v) is 9.11. The molecule has 9 nitrogen and oxygen atoms in total. The second kappa shape index (κ2) is 11.9. The van der Waals surface area contributed by atoms with E-state index >= 15 is 0 Å². The van der Waals surface area contributed by atoms with Crippen LogP contribution in [-0.4, -0.2) is 72.9 Å². The molecule has 3 aromatic rings. The quantitative estimate of drug-likeness (QED) is 0.415. The third kappa shape index (κ3) is 5.56. The van der Waals surface area contributed by atoms with Gasteiger partial charge >= 0.3 is 6.18 Å². The monoisotopic (exact) mass is 611 g/mol. The molecule has 3 aliphatic heterocycles. The minimum absolute atomic E-state index is 0.0337. The van der Waals surface area contributed by atoms with E-state index in [4.69, 9.17) is 24.9 Å². The van der Waals surface area contributed by atoms with Gasteiger partial charge in [-0.3, -0.25) is 14.7 Å². The van der Waals surface area contributed by atoms with E-state index in [0.29, 0.717) is 64.5 Å². The van der Waals surface area contributed by atoms with Crippen molar-refractivity contribution in [2.75, 3.05) is 44.9 Å². The molecule has 1 spiro atoms. The Bertz CT molecular complexity index is 1530. The molecule has 3 aliphatic rings. The number of aromatic nitrogens is 2. The van der Waals surface area contributed by atoms with Crippen LogP contribution in [-0.2, 0) is 27.7 Å². The van der Waals surface area contributed by atoms with Gasteiger partial charge in [-0.2, -0.15) is 13.2 Å². The lowest BCUT2D eigenvalue weighted by atomic mass is 9.69. The van der Waals surface area contributed by atoms with Crippen molar-refractivity contribution in [1.29, 1.82) is 0 Å². The zero-order valence-corrected chi connectivity index (χ0v) is 24.8. The molecule has 5 heterocycles. The van der Waals surface area contributed by atoms with Gasteiger partial charge in [0.25, 0.3) is 0 Å². The lowest BCUT2D eigenvalue weighted by Gasteiger charge is -2.50. The maximum absolute atomic E-state index is 14.2. The van der Waals surface area contributed by atoms with Crippen molar-refractivity contribution in [3.8, 4) is 22.9 Å². The number of hydrogen-bond acceptors (Lipinski definition) is 8. The number of anilines is 1. The Kier molecular flexibility index (Phi) is 8.14. The Balaban J connectivity index is 1.35. The first-order valence-electron chi connectivity index (χ1n) is 14.9. The van der Waals surface area contributed by atoms with Crippen LogP contribution >= 0.6 is 0 Å². The smallest absolute Gasteiger partial charge is 0.421 e. The van der Waals surface area contributed by atoms with Gasteiger partial charge in [0.15, 0.2) is 0 Å². The Morgan fingerprint density at radius 1 is 1.16 bits per heavy atom. The number of halogens is 3. The maximum atomic E-state index is 14.2. The van der Waals surface area contributed by atoms with Crippen LogP contribution in [0, 0.1) is 0 Å². The molecule has 2 atom stereocenters. The number of methoxy groups -OCH3 is 1. The van der Waals surface area contributed by atoms with Gasteiger partial charge in [0, 0.05) is 50.3 Å². The number of benzene rings is 1. The summed E-state index contributed by atoms with van der Waals surface area (Å²) in [6.07, 6.45) is -1.79. The second-order valence-electron chi connectivity index (χ2n) is 11.6. The van der Waals surface area contributed by atoms with E-state index in [2.05, 4.69) is 16.0 Å². The summed E-state index contributed by atoms with van der Waals surface area (Å²) in [6.45, 7) is 4.82. The van der Waals surface area contributed by atoms with Crippen LogP contribution in [0.3, 0.4) is 0 Å². The molecule has 0 radical (unpaired) electrons. The number of alkyl halides is 3. The SMILES string of the molecule is CCOc1ncccc1-c1ccc2c(n1)CN(C1COC(C(N)=O)C1)CC21CCN(c2cccc(OC)c2C(F)(F)F)CC1. The van der Waals surface area contributed by atoms with E-state index < -0.39 is 23.8 Å². The maximum Gasteiger partial charge on any atom is 0.421 e. The van der Waals surface area contributed by atoms with Crippen molar-refractivity contribution in [2.45, 2.75) is 56.5 Å². The number of nitrogens with zero attached hydrogens (tertiary/aromatic N) is 4. The van der Waals surface area contributed by atoms with Gasteiger partial charge in [0.05, 0.1) is 43.0 Å². The third-order valence-electron chi connectivity index (χ3n) is 9.11. The summed E-state index contributed by atoms with van der Waals surface area (Å²) in [4.78, 5) is 25.5. The van der Waals surface area contributed by atoms with Gasteiger partial charge in [0.1, 0.15) is 17.4 Å². The number of hydrogen-bond donors (Lipinski definition) is 1. The van der Waals surface area contributed by atoms with E-state index in [0.717, 1.165) is 22.5 Å². The van der Waals surface area contributed by atoms with Crippen LogP contribution in [0.2, 0.25) is 0 Å². The summed E-state index contributed by atoms with van der Waals surface area (Å²) < 4.78 is 59.2. The normalized spacial score (nSPS) is 21.7. The number of nitrogens with two attached hydrogens (primary N) is 1. The van der Waals surface area contributed by atoms with Crippen LogP contribution < -0.4 is 20.1 Å². The molecule has 2 aromatic heterocycles. The number of carbonyl (C=O) groups excluding carboxylic acids is 1. The first-order valence-corrected chi connectivity index (χ1v) is 14.9. The molecule has 0 bridgehead atoms. The van der Waals surface area contributed by atoms with E-state index in [1.165, 1.54) is 19.2 Å². The topological polar surface area (TPSA) is 103 Å². The van der Waals surface area contributed by atoms with E-state index in [-0.39, 0.29) is 22.9 Å². The minimum Gasteiger partial charge on any atom is -0.496 e. The molecule has 2 N–H and O–H groups in total. The summed E-state index contributed by atoms with van der Waals surface area (Å²) in [7, 11) is 1.26. The number of piperidine rings is 1. The van der Waals surface area contributed by atoms with Crippen molar-refractivity contribution in [3.05, 3.63) is 65.5 Å². The Labute approximate surface area is 254 Å². The molecule has 1 amide bonds. The van der Waals surface area contributed by atoms with E-state index in [1.807, 2.05) is 30.0 Å². The first-order chi connectivity index (χ1) is 21.1. The molecule has 0 saturated carbocycles. The van der Waals surface area contributed by atoms with Crippen LogP contribution in [0.4, 0.5) is 18.9 Å². The van der Waals surface area contributed by atoms with Crippen molar-refractivity contribution in [3.63, 3.8) is 0 Å². The van der Waals surface area contributed by atoms with Crippen LogP contribution in [0.15, 0.2) is 48.7 Å². The molecule has 12 heteroatoms. The Hall–Kier alpha value is -3.90. The highest BCUT2D eigenvalue weighted by molar-refractivity contribution is 5.79. The summed E-state index contributed by atoms with van der Waals surface area (Å²) in [5.74, 6) is -0.161. The lowest BCUT2D eigenvalue weighted by Crippen LogP contribution is -2.55.